The number of nitrogens with zero attached hydrogens (tertiary/aromatic N) is 4. The second-order valence-electron chi connectivity index (χ2n) is 7.50. The summed E-state index contributed by atoms with van der Waals surface area (Å²) < 4.78 is 5.65. The van der Waals surface area contributed by atoms with E-state index in [2.05, 4.69) is 10.0 Å². The molecule has 2 fully saturated rings. The molecule has 0 radical (unpaired) electrons. The summed E-state index contributed by atoms with van der Waals surface area (Å²) in [7, 11) is 0. The van der Waals surface area contributed by atoms with Crippen molar-refractivity contribution in [3.8, 4) is 0 Å². The van der Waals surface area contributed by atoms with E-state index in [-0.39, 0.29) is 26.0 Å². The maximum atomic E-state index is 13.5. The van der Waals surface area contributed by atoms with Gasteiger partial charge < -0.3 is 9.57 Å². The highest BCUT2D eigenvalue weighted by molar-refractivity contribution is 5.90. The minimum Gasteiger partial charge on any atom is -0.446 e. The van der Waals surface area contributed by atoms with Gasteiger partial charge in [-0.15, -0.1) is 0 Å². The van der Waals surface area contributed by atoms with Gasteiger partial charge in [-0.05, 0) is 21.9 Å². The van der Waals surface area contributed by atoms with Crippen LogP contribution in [0.5, 0.6) is 0 Å². The number of ether oxygens (including phenoxy) is 1. The highest BCUT2D eigenvalue weighted by Crippen LogP contribution is 2.45. The Labute approximate surface area is 183 Å². The van der Waals surface area contributed by atoms with Crippen molar-refractivity contribution in [3.05, 3.63) is 82.2 Å². The Kier molecular flexibility index (Phi) is 6.07. The number of carbonyl (C=O) groups is 3. The fraction of sp³-hybridized carbons (Fsp3) is 0.318. The molecule has 2 unspecified atom stereocenters. The lowest BCUT2D eigenvalue weighted by atomic mass is 9.76. The first-order chi connectivity index (χ1) is 15.5. The molecule has 2 atom stereocenters. The fourth-order valence-electron chi connectivity index (χ4n) is 4.01. The van der Waals surface area contributed by atoms with Gasteiger partial charge in [-0.25, -0.2) is 9.63 Å². The minimum atomic E-state index is -1.69. The number of esters is 1. The Bertz CT molecular complexity index is 1020. The number of hydroxylamine groups is 2. The van der Waals surface area contributed by atoms with Gasteiger partial charge in [0.15, 0.2) is 0 Å². The molecule has 0 bridgehead atoms. The van der Waals surface area contributed by atoms with E-state index < -0.39 is 35.3 Å². The average Bonchev–Trinajstić information content (AvgIpc) is 3.37. The summed E-state index contributed by atoms with van der Waals surface area (Å²) in [5, 5.41) is 3.86. The van der Waals surface area contributed by atoms with E-state index in [0.29, 0.717) is 5.23 Å². The smallest absolute Gasteiger partial charge is 0.379 e. The SMILES string of the molecule is [N-]=[N+]=NCC1CON(OC(=O)C2(C(c3ccccc3)c3ccccc3)CCC(=O)O2)C1=O. The predicted octanol–water partition coefficient (Wildman–Crippen LogP) is 3.05. The van der Waals surface area contributed by atoms with Crippen molar-refractivity contribution < 1.29 is 28.8 Å². The van der Waals surface area contributed by atoms with Crippen LogP contribution in [0.3, 0.4) is 0 Å². The average molecular weight is 436 g/mol. The number of hydrogen-bond acceptors (Lipinski definition) is 7. The lowest BCUT2D eigenvalue weighted by Gasteiger charge is -2.34. The summed E-state index contributed by atoms with van der Waals surface area (Å²) in [6.45, 7) is -0.223. The number of carbonyl (C=O) groups excluding carboxylic acids is 3. The van der Waals surface area contributed by atoms with Gasteiger partial charge in [-0.2, -0.15) is 0 Å². The predicted molar refractivity (Wildman–Crippen MR) is 109 cm³/mol. The standard InChI is InChI=1S/C22H20N4O6/c23-25-24-13-17-14-30-26(20(17)28)32-21(29)22(12-11-18(27)31-22)19(15-7-3-1-4-8-15)16-9-5-2-6-10-16/h1-10,17,19H,11-14H2. The van der Waals surface area contributed by atoms with Crippen LogP contribution < -0.4 is 0 Å². The molecular formula is C22H20N4O6. The molecule has 2 aromatic rings. The molecule has 164 valence electrons. The second kappa shape index (κ2) is 9.09. The maximum absolute atomic E-state index is 13.5. The Balaban J connectivity index is 1.68. The van der Waals surface area contributed by atoms with Crippen LogP contribution >= 0.6 is 0 Å². The van der Waals surface area contributed by atoms with Gasteiger partial charge in [-0.1, -0.05) is 65.8 Å². The summed E-state index contributed by atoms with van der Waals surface area (Å²) in [5.74, 6) is -3.53. The second-order valence-corrected chi connectivity index (χ2v) is 7.50. The van der Waals surface area contributed by atoms with Crippen LogP contribution in [0.2, 0.25) is 0 Å². The van der Waals surface area contributed by atoms with E-state index in [1.54, 1.807) is 0 Å². The Morgan fingerprint density at radius 3 is 2.31 bits per heavy atom. The number of cyclic esters (lactones) is 1. The van der Waals surface area contributed by atoms with Crippen molar-refractivity contribution in [2.45, 2.75) is 24.4 Å². The summed E-state index contributed by atoms with van der Waals surface area (Å²) in [6.07, 6.45) is 0.100. The van der Waals surface area contributed by atoms with E-state index in [1.165, 1.54) is 0 Å². The fourth-order valence-corrected chi connectivity index (χ4v) is 4.01. The van der Waals surface area contributed by atoms with Crippen LogP contribution in [0.15, 0.2) is 65.8 Å². The maximum Gasteiger partial charge on any atom is 0.379 e. The normalized spacial score (nSPS) is 22.5. The summed E-state index contributed by atoms with van der Waals surface area (Å²) in [4.78, 5) is 51.3. The minimum absolute atomic E-state index is 0.0274. The molecule has 10 heteroatoms. The van der Waals surface area contributed by atoms with Crippen molar-refractivity contribution in [2.24, 2.45) is 11.0 Å². The number of rotatable bonds is 7. The van der Waals surface area contributed by atoms with Gasteiger partial charge in [0.25, 0.3) is 5.91 Å². The number of amides is 1. The van der Waals surface area contributed by atoms with E-state index in [9.17, 15) is 14.4 Å². The molecule has 2 saturated heterocycles. The van der Waals surface area contributed by atoms with Crippen molar-refractivity contribution >= 4 is 17.8 Å². The quantitative estimate of drug-likeness (QED) is 0.284. The molecule has 0 spiro atoms. The molecule has 0 aromatic heterocycles. The summed E-state index contributed by atoms with van der Waals surface area (Å²) in [5.41, 5.74) is 8.28. The summed E-state index contributed by atoms with van der Waals surface area (Å²) in [6, 6.07) is 18.4. The van der Waals surface area contributed by atoms with E-state index in [0.717, 1.165) is 11.1 Å². The lowest BCUT2D eigenvalue weighted by Crippen LogP contribution is -2.48. The Morgan fingerprint density at radius 1 is 1.16 bits per heavy atom. The van der Waals surface area contributed by atoms with Crippen molar-refractivity contribution in [1.29, 1.82) is 0 Å². The molecule has 0 saturated carbocycles. The zero-order chi connectivity index (χ0) is 22.6. The van der Waals surface area contributed by atoms with Gasteiger partial charge in [-0.3, -0.25) is 9.59 Å². The first-order valence-electron chi connectivity index (χ1n) is 10.1. The van der Waals surface area contributed by atoms with Crippen molar-refractivity contribution in [1.82, 2.24) is 5.23 Å². The molecule has 10 nitrogen and oxygen atoms in total. The molecule has 0 aliphatic carbocycles. The van der Waals surface area contributed by atoms with Gasteiger partial charge in [0.05, 0.1) is 18.4 Å². The molecule has 1 amide bonds. The number of benzene rings is 2. The van der Waals surface area contributed by atoms with Crippen molar-refractivity contribution in [2.75, 3.05) is 13.2 Å². The van der Waals surface area contributed by atoms with Crippen molar-refractivity contribution in [3.63, 3.8) is 0 Å². The van der Waals surface area contributed by atoms with E-state index in [1.807, 2.05) is 60.7 Å². The molecule has 2 aliphatic rings. The molecule has 2 heterocycles. The third-order valence-electron chi connectivity index (χ3n) is 5.53. The van der Waals surface area contributed by atoms with Crippen LogP contribution in [0.25, 0.3) is 10.4 Å². The number of azide groups is 1. The highest BCUT2D eigenvalue weighted by atomic mass is 17.0. The first-order valence-corrected chi connectivity index (χ1v) is 10.1. The van der Waals surface area contributed by atoms with Gasteiger partial charge >= 0.3 is 11.9 Å². The van der Waals surface area contributed by atoms with Gasteiger partial charge in [0.1, 0.15) is 0 Å². The third kappa shape index (κ3) is 4.01. The molecule has 2 aliphatic heterocycles. The Morgan fingerprint density at radius 2 is 1.78 bits per heavy atom. The molecule has 32 heavy (non-hydrogen) atoms. The molecule has 0 N–H and O–H groups in total. The topological polar surface area (TPSA) is 131 Å². The molecule has 2 aromatic carbocycles. The van der Waals surface area contributed by atoms with Gasteiger partial charge in [0.2, 0.25) is 5.60 Å². The van der Waals surface area contributed by atoms with Crippen LogP contribution in [0.1, 0.15) is 29.9 Å². The van der Waals surface area contributed by atoms with Crippen LogP contribution in [-0.4, -0.2) is 41.8 Å². The van der Waals surface area contributed by atoms with Gasteiger partial charge in [0, 0.05) is 24.3 Å². The summed E-state index contributed by atoms with van der Waals surface area (Å²) >= 11 is 0. The largest absolute Gasteiger partial charge is 0.446 e. The number of hydrogen-bond donors (Lipinski definition) is 0. The zero-order valence-corrected chi connectivity index (χ0v) is 17.0. The van der Waals surface area contributed by atoms with Crippen LogP contribution in [0.4, 0.5) is 0 Å². The first kappa shape index (κ1) is 21.4. The van der Waals surface area contributed by atoms with E-state index in [4.69, 9.17) is 19.9 Å². The van der Waals surface area contributed by atoms with E-state index >= 15 is 0 Å². The van der Waals surface area contributed by atoms with Crippen LogP contribution in [-0.2, 0) is 28.8 Å². The lowest BCUT2D eigenvalue weighted by molar-refractivity contribution is -0.310. The highest BCUT2D eigenvalue weighted by Gasteiger charge is 2.57. The molecular weight excluding hydrogens is 416 g/mol. The monoisotopic (exact) mass is 436 g/mol. The zero-order valence-electron chi connectivity index (χ0n) is 17.0. The molecule has 4 rings (SSSR count). The van der Waals surface area contributed by atoms with Crippen LogP contribution in [0, 0.1) is 5.92 Å². The Hall–Kier alpha value is -3.88. The third-order valence-corrected chi connectivity index (χ3v) is 5.53.